The summed E-state index contributed by atoms with van der Waals surface area (Å²) in [6.07, 6.45) is 1.91. The average Bonchev–Trinajstić information content (AvgIpc) is 2.42. The Hall–Kier alpha value is -0.630. The number of rotatable bonds is 3. The van der Waals surface area contributed by atoms with Crippen molar-refractivity contribution >= 4 is 31.6 Å². The number of nitrogens with zero attached hydrogens (tertiary/aromatic N) is 2. The van der Waals surface area contributed by atoms with Crippen LogP contribution in [0.5, 0.6) is 0 Å². The first kappa shape index (κ1) is 16.7. The highest BCUT2D eigenvalue weighted by Gasteiger charge is 2.32. The van der Waals surface area contributed by atoms with Gasteiger partial charge in [-0.25, -0.2) is 8.42 Å². The number of nitrogens with two attached hydrogens (primary N) is 1. The van der Waals surface area contributed by atoms with Crippen LogP contribution in [-0.2, 0) is 10.0 Å². The summed E-state index contributed by atoms with van der Waals surface area (Å²) in [7, 11) is 0.487. The minimum atomic E-state index is -3.49. The van der Waals surface area contributed by atoms with E-state index < -0.39 is 10.0 Å². The van der Waals surface area contributed by atoms with Crippen LogP contribution in [0.15, 0.2) is 21.5 Å². The SMILES string of the molecule is Cc1cc(Br)c(N)cc1S(=O)(=O)N1CCCC(N(C)C)C1. The van der Waals surface area contributed by atoms with Crippen LogP contribution < -0.4 is 5.73 Å². The molecule has 1 aromatic carbocycles. The van der Waals surface area contributed by atoms with Crippen LogP contribution >= 0.6 is 15.9 Å². The van der Waals surface area contributed by atoms with Crippen molar-refractivity contribution in [2.75, 3.05) is 32.9 Å². The van der Waals surface area contributed by atoms with Gasteiger partial charge in [-0.2, -0.15) is 4.31 Å². The molecule has 2 N–H and O–H groups in total. The number of benzene rings is 1. The number of likely N-dealkylation sites (N-methyl/N-ethyl adjacent to an activating group) is 1. The second-order valence-corrected chi connectivity index (χ2v) is 8.52. The van der Waals surface area contributed by atoms with Gasteiger partial charge in [0.05, 0.1) is 4.90 Å². The van der Waals surface area contributed by atoms with Crippen LogP contribution in [0.3, 0.4) is 0 Å². The normalized spacial score (nSPS) is 20.9. The van der Waals surface area contributed by atoms with E-state index >= 15 is 0 Å². The summed E-state index contributed by atoms with van der Waals surface area (Å²) in [5, 5.41) is 0. The van der Waals surface area contributed by atoms with Gasteiger partial charge in [-0.3, -0.25) is 0 Å². The lowest BCUT2D eigenvalue weighted by Gasteiger charge is -2.35. The molecule has 1 saturated heterocycles. The molecule has 1 heterocycles. The maximum absolute atomic E-state index is 12.9. The van der Waals surface area contributed by atoms with E-state index in [2.05, 4.69) is 20.8 Å². The number of hydrogen-bond acceptors (Lipinski definition) is 4. The van der Waals surface area contributed by atoms with Crippen molar-refractivity contribution in [3.8, 4) is 0 Å². The number of hydrogen-bond donors (Lipinski definition) is 1. The molecule has 21 heavy (non-hydrogen) atoms. The first-order valence-corrected chi connectivity index (χ1v) is 9.19. The zero-order chi connectivity index (χ0) is 15.8. The molecule has 1 unspecified atom stereocenters. The predicted molar refractivity (Wildman–Crippen MR) is 88.8 cm³/mol. The Balaban J connectivity index is 2.36. The molecule has 0 amide bonds. The molecular weight excluding hydrogens is 354 g/mol. The summed E-state index contributed by atoms with van der Waals surface area (Å²) in [4.78, 5) is 2.40. The zero-order valence-corrected chi connectivity index (χ0v) is 15.0. The number of aryl methyl sites for hydroxylation is 1. The van der Waals surface area contributed by atoms with Crippen molar-refractivity contribution in [3.05, 3.63) is 22.2 Å². The fourth-order valence-electron chi connectivity index (χ4n) is 2.65. The van der Waals surface area contributed by atoms with Gasteiger partial charge < -0.3 is 10.6 Å². The van der Waals surface area contributed by atoms with Crippen LogP contribution in [0.25, 0.3) is 0 Å². The number of piperidine rings is 1. The Morgan fingerprint density at radius 2 is 2.05 bits per heavy atom. The van der Waals surface area contributed by atoms with Gasteiger partial charge in [0, 0.05) is 29.3 Å². The third-order valence-electron chi connectivity index (χ3n) is 4.00. The minimum Gasteiger partial charge on any atom is -0.398 e. The predicted octanol–water partition coefficient (Wildman–Crippen LogP) is 2.05. The Morgan fingerprint density at radius 1 is 1.38 bits per heavy atom. The smallest absolute Gasteiger partial charge is 0.243 e. The highest BCUT2D eigenvalue weighted by molar-refractivity contribution is 9.10. The van der Waals surface area contributed by atoms with Crippen molar-refractivity contribution in [2.45, 2.75) is 30.7 Å². The van der Waals surface area contributed by atoms with Crippen LogP contribution in [0.4, 0.5) is 5.69 Å². The molecule has 0 radical (unpaired) electrons. The van der Waals surface area contributed by atoms with Crippen LogP contribution in [-0.4, -0.2) is 50.8 Å². The molecule has 5 nitrogen and oxygen atoms in total. The quantitative estimate of drug-likeness (QED) is 0.820. The van der Waals surface area contributed by atoms with Gasteiger partial charge in [0.25, 0.3) is 0 Å². The molecule has 0 bridgehead atoms. The second kappa shape index (κ2) is 6.24. The highest BCUT2D eigenvalue weighted by Crippen LogP contribution is 2.30. The highest BCUT2D eigenvalue weighted by atomic mass is 79.9. The monoisotopic (exact) mass is 375 g/mol. The lowest BCUT2D eigenvalue weighted by Crippen LogP contribution is -2.47. The maximum Gasteiger partial charge on any atom is 0.243 e. The molecule has 0 saturated carbocycles. The van der Waals surface area contributed by atoms with Crippen molar-refractivity contribution < 1.29 is 8.42 Å². The lowest BCUT2D eigenvalue weighted by molar-refractivity contribution is 0.190. The van der Waals surface area contributed by atoms with E-state index in [-0.39, 0.29) is 6.04 Å². The third-order valence-corrected chi connectivity index (χ3v) is 6.70. The Labute approximate surface area is 135 Å². The molecule has 0 aromatic heterocycles. The van der Waals surface area contributed by atoms with E-state index in [9.17, 15) is 8.42 Å². The summed E-state index contributed by atoms with van der Waals surface area (Å²) < 4.78 is 28.1. The third kappa shape index (κ3) is 3.41. The molecule has 0 spiro atoms. The van der Waals surface area contributed by atoms with E-state index in [1.807, 2.05) is 14.1 Å². The van der Waals surface area contributed by atoms with Gasteiger partial charge in [0.1, 0.15) is 0 Å². The Morgan fingerprint density at radius 3 is 2.67 bits per heavy atom. The van der Waals surface area contributed by atoms with Gasteiger partial charge in [0.2, 0.25) is 10.0 Å². The second-order valence-electron chi connectivity index (χ2n) is 5.76. The van der Waals surface area contributed by atoms with Crippen molar-refractivity contribution in [3.63, 3.8) is 0 Å². The van der Waals surface area contributed by atoms with Crippen LogP contribution in [0, 0.1) is 6.92 Å². The topological polar surface area (TPSA) is 66.6 Å². The Kier molecular flexibility index (Phi) is 4.97. The Bertz CT molecular complexity index is 631. The van der Waals surface area contributed by atoms with Gasteiger partial charge in [0.15, 0.2) is 0 Å². The van der Waals surface area contributed by atoms with Crippen LogP contribution in [0.1, 0.15) is 18.4 Å². The van der Waals surface area contributed by atoms with Crippen LogP contribution in [0.2, 0.25) is 0 Å². The zero-order valence-electron chi connectivity index (χ0n) is 12.6. The molecule has 118 valence electrons. The molecule has 2 rings (SSSR count). The van der Waals surface area contributed by atoms with Crippen molar-refractivity contribution in [1.29, 1.82) is 0 Å². The summed E-state index contributed by atoms with van der Waals surface area (Å²) in [5.74, 6) is 0. The molecule has 7 heteroatoms. The summed E-state index contributed by atoms with van der Waals surface area (Å²) in [6, 6.07) is 3.57. The summed E-state index contributed by atoms with van der Waals surface area (Å²) in [6.45, 7) is 2.90. The maximum atomic E-state index is 12.9. The lowest BCUT2D eigenvalue weighted by atomic mass is 10.1. The molecular formula is C14H22BrN3O2S. The average molecular weight is 376 g/mol. The van der Waals surface area contributed by atoms with Gasteiger partial charge in [-0.1, -0.05) is 0 Å². The van der Waals surface area contributed by atoms with E-state index in [1.54, 1.807) is 23.4 Å². The minimum absolute atomic E-state index is 0.265. The largest absolute Gasteiger partial charge is 0.398 e. The first-order chi connectivity index (χ1) is 9.73. The van der Waals surface area contributed by atoms with Crippen molar-refractivity contribution in [2.24, 2.45) is 0 Å². The molecule has 1 atom stereocenters. The number of halogens is 1. The fraction of sp³-hybridized carbons (Fsp3) is 0.571. The van der Waals surface area contributed by atoms with Gasteiger partial charge in [-0.05, 0) is 67.5 Å². The van der Waals surface area contributed by atoms with E-state index in [1.165, 1.54) is 0 Å². The molecule has 1 aliphatic heterocycles. The molecule has 1 fully saturated rings. The standard InChI is InChI=1S/C14H22BrN3O2S/c1-10-7-12(15)13(16)8-14(10)21(19,20)18-6-4-5-11(9-18)17(2)3/h7-8,11H,4-6,9,16H2,1-3H3. The number of sulfonamides is 1. The van der Waals surface area contributed by atoms with E-state index in [0.29, 0.717) is 29.2 Å². The number of nitrogen functional groups attached to an aromatic ring is 1. The fourth-order valence-corrected chi connectivity index (χ4v) is 4.86. The van der Waals surface area contributed by atoms with Gasteiger partial charge in [-0.15, -0.1) is 0 Å². The first-order valence-electron chi connectivity index (χ1n) is 6.95. The van der Waals surface area contributed by atoms with E-state index in [0.717, 1.165) is 17.3 Å². The summed E-state index contributed by atoms with van der Waals surface area (Å²) in [5.41, 5.74) is 7.01. The molecule has 1 aromatic rings. The van der Waals surface area contributed by atoms with Gasteiger partial charge >= 0.3 is 0 Å². The van der Waals surface area contributed by atoms with Crippen molar-refractivity contribution in [1.82, 2.24) is 9.21 Å². The molecule has 1 aliphatic rings. The number of anilines is 1. The van der Waals surface area contributed by atoms with E-state index in [4.69, 9.17) is 5.73 Å². The summed E-state index contributed by atoms with van der Waals surface area (Å²) >= 11 is 3.33. The molecule has 0 aliphatic carbocycles.